The molecule has 4 rings (SSSR count). The summed E-state index contributed by atoms with van der Waals surface area (Å²) in [6, 6.07) is 13.0. The minimum absolute atomic E-state index is 0.150. The smallest absolute Gasteiger partial charge is 0.275 e. The van der Waals surface area contributed by atoms with E-state index < -0.39 is 10.0 Å². The van der Waals surface area contributed by atoms with Gasteiger partial charge >= 0.3 is 0 Å². The van der Waals surface area contributed by atoms with Crippen LogP contribution in [-0.2, 0) is 10.0 Å². The first-order valence-corrected chi connectivity index (χ1v) is 10.8. The van der Waals surface area contributed by atoms with Crippen molar-refractivity contribution in [3.05, 3.63) is 64.6 Å². The Morgan fingerprint density at radius 3 is 2.27 bits per heavy atom. The van der Waals surface area contributed by atoms with Crippen LogP contribution in [0.25, 0.3) is 10.8 Å². The monoisotopic (exact) mass is 428 g/mol. The van der Waals surface area contributed by atoms with E-state index in [-0.39, 0.29) is 48.2 Å². The number of hydrogen-bond acceptors (Lipinski definition) is 6. The number of H-pyrrole nitrogens is 1. The van der Waals surface area contributed by atoms with Crippen molar-refractivity contribution < 1.29 is 17.9 Å². The molecule has 1 aromatic heterocycles. The predicted octanol–water partition coefficient (Wildman–Crippen LogP) is 1.08. The van der Waals surface area contributed by atoms with Gasteiger partial charge in [-0.3, -0.25) is 9.59 Å². The number of carbonyl (C=O) groups is 1. The number of nitrogens with one attached hydrogen (secondary N) is 1. The Labute approximate surface area is 172 Å². The summed E-state index contributed by atoms with van der Waals surface area (Å²) in [5.74, 6) is 0.231. The van der Waals surface area contributed by atoms with E-state index in [1.165, 1.54) is 23.5 Å². The van der Waals surface area contributed by atoms with Crippen LogP contribution < -0.4 is 10.3 Å². The predicted molar refractivity (Wildman–Crippen MR) is 110 cm³/mol. The molecule has 1 aliphatic rings. The third kappa shape index (κ3) is 3.55. The van der Waals surface area contributed by atoms with Crippen LogP contribution in [0, 0.1) is 0 Å². The quantitative estimate of drug-likeness (QED) is 0.665. The topological polar surface area (TPSA) is 113 Å². The maximum Gasteiger partial charge on any atom is 0.275 e. The molecule has 0 bridgehead atoms. The van der Waals surface area contributed by atoms with E-state index in [9.17, 15) is 18.0 Å². The van der Waals surface area contributed by atoms with Crippen molar-refractivity contribution in [3.63, 3.8) is 0 Å². The second kappa shape index (κ2) is 7.88. The molecule has 0 atom stereocenters. The van der Waals surface area contributed by atoms with Crippen LogP contribution in [0.3, 0.4) is 0 Å². The van der Waals surface area contributed by atoms with Crippen LogP contribution in [0.2, 0.25) is 0 Å². The zero-order valence-electron chi connectivity index (χ0n) is 16.2. The summed E-state index contributed by atoms with van der Waals surface area (Å²) < 4.78 is 32.2. The molecular weight excluding hydrogens is 408 g/mol. The maximum absolute atomic E-state index is 13.0. The summed E-state index contributed by atoms with van der Waals surface area (Å²) in [6.45, 7) is 0.787. The summed E-state index contributed by atoms with van der Waals surface area (Å²) >= 11 is 0. The highest BCUT2D eigenvalue weighted by Gasteiger charge is 2.31. The molecule has 1 saturated heterocycles. The van der Waals surface area contributed by atoms with Gasteiger partial charge in [0.05, 0.1) is 17.4 Å². The molecule has 156 valence electrons. The fourth-order valence-corrected chi connectivity index (χ4v) is 4.88. The van der Waals surface area contributed by atoms with Gasteiger partial charge in [-0.25, -0.2) is 13.5 Å². The lowest BCUT2D eigenvalue weighted by Crippen LogP contribution is -2.50. The number of nitrogens with zero attached hydrogens (tertiary/aromatic N) is 3. The standard InChI is InChI=1S/C20H20N4O5S/c1-29-14-6-8-15(9-7-14)30(27,28)24-12-10-23(11-13-24)20(26)18-16-4-2-3-5-17(16)19(25)22-21-18/h2-9H,10-13H2,1H3,(H,22,25). The Morgan fingerprint density at radius 1 is 1.00 bits per heavy atom. The number of hydrogen-bond donors (Lipinski definition) is 1. The highest BCUT2D eigenvalue weighted by Crippen LogP contribution is 2.22. The summed E-state index contributed by atoms with van der Waals surface area (Å²) in [6.07, 6.45) is 0. The van der Waals surface area contributed by atoms with Gasteiger partial charge in [-0.2, -0.15) is 9.40 Å². The molecule has 0 spiro atoms. The average molecular weight is 428 g/mol. The van der Waals surface area contributed by atoms with Crippen LogP contribution in [0.1, 0.15) is 10.5 Å². The molecule has 10 heteroatoms. The van der Waals surface area contributed by atoms with Crippen LogP contribution in [0.5, 0.6) is 5.75 Å². The molecule has 30 heavy (non-hydrogen) atoms. The number of ether oxygens (including phenoxy) is 1. The summed E-state index contributed by atoms with van der Waals surface area (Å²) in [7, 11) is -2.15. The maximum atomic E-state index is 13.0. The molecule has 0 radical (unpaired) electrons. The minimum atomic E-state index is -3.66. The van der Waals surface area contributed by atoms with Gasteiger partial charge in [-0.05, 0) is 30.3 Å². The van der Waals surface area contributed by atoms with Gasteiger partial charge in [0, 0.05) is 31.6 Å². The highest BCUT2D eigenvalue weighted by atomic mass is 32.2. The fraction of sp³-hybridized carbons (Fsp3) is 0.250. The van der Waals surface area contributed by atoms with Crippen LogP contribution in [0.15, 0.2) is 58.2 Å². The SMILES string of the molecule is COc1ccc(S(=O)(=O)N2CCN(C(=O)c3n[nH]c(=O)c4ccccc34)CC2)cc1. The Morgan fingerprint density at radius 2 is 1.63 bits per heavy atom. The van der Waals surface area contributed by atoms with E-state index in [2.05, 4.69) is 10.2 Å². The lowest BCUT2D eigenvalue weighted by molar-refractivity contribution is 0.0693. The number of piperazine rings is 1. The molecule has 0 saturated carbocycles. The fourth-order valence-electron chi connectivity index (χ4n) is 3.46. The molecule has 1 fully saturated rings. The molecule has 0 unspecified atom stereocenters. The Kier molecular flexibility index (Phi) is 5.27. The van der Waals surface area contributed by atoms with E-state index in [1.807, 2.05) is 0 Å². The molecule has 0 aliphatic carbocycles. The van der Waals surface area contributed by atoms with Gasteiger partial charge in [0.15, 0.2) is 5.69 Å². The summed E-state index contributed by atoms with van der Waals surface area (Å²) in [5.41, 5.74) is -0.214. The minimum Gasteiger partial charge on any atom is -0.497 e. The second-order valence-corrected chi connectivity index (χ2v) is 8.76. The van der Waals surface area contributed by atoms with Gasteiger partial charge < -0.3 is 9.64 Å². The van der Waals surface area contributed by atoms with E-state index >= 15 is 0 Å². The zero-order valence-corrected chi connectivity index (χ0v) is 17.1. The number of amides is 1. The largest absolute Gasteiger partial charge is 0.497 e. The van der Waals surface area contributed by atoms with Gasteiger partial charge in [0.25, 0.3) is 11.5 Å². The number of carbonyl (C=O) groups excluding carboxylic acids is 1. The molecular formula is C20H20N4O5S. The molecule has 1 aliphatic heterocycles. The van der Waals surface area contributed by atoms with Crippen molar-refractivity contribution in [2.75, 3.05) is 33.3 Å². The average Bonchev–Trinajstić information content (AvgIpc) is 2.79. The molecule has 1 amide bonds. The Balaban J connectivity index is 1.51. The van der Waals surface area contributed by atoms with Crippen LogP contribution in [0.4, 0.5) is 0 Å². The van der Waals surface area contributed by atoms with Gasteiger partial charge in [-0.1, -0.05) is 18.2 Å². The summed E-state index contributed by atoms with van der Waals surface area (Å²) in [4.78, 5) is 26.6. The number of aromatic amines is 1. The van der Waals surface area contributed by atoms with Gasteiger partial charge in [0.2, 0.25) is 10.0 Å². The van der Waals surface area contributed by atoms with Crippen molar-refractivity contribution in [1.82, 2.24) is 19.4 Å². The number of aromatic nitrogens is 2. The van der Waals surface area contributed by atoms with Crippen molar-refractivity contribution in [2.45, 2.75) is 4.90 Å². The third-order valence-corrected chi connectivity index (χ3v) is 7.03. The number of benzene rings is 2. The summed E-state index contributed by atoms with van der Waals surface area (Å²) in [5, 5.41) is 7.16. The molecule has 9 nitrogen and oxygen atoms in total. The van der Waals surface area contributed by atoms with E-state index in [1.54, 1.807) is 41.3 Å². The van der Waals surface area contributed by atoms with Crippen molar-refractivity contribution in [1.29, 1.82) is 0 Å². The first-order valence-electron chi connectivity index (χ1n) is 9.33. The normalized spacial score (nSPS) is 15.3. The Hall–Kier alpha value is -3.24. The van der Waals surface area contributed by atoms with E-state index in [0.717, 1.165) is 0 Å². The highest BCUT2D eigenvalue weighted by molar-refractivity contribution is 7.89. The number of rotatable bonds is 4. The molecule has 2 heterocycles. The second-order valence-electron chi connectivity index (χ2n) is 6.82. The number of fused-ring (bicyclic) bond motifs is 1. The van der Waals surface area contributed by atoms with Crippen molar-refractivity contribution in [3.8, 4) is 5.75 Å². The lowest BCUT2D eigenvalue weighted by atomic mass is 10.1. The number of sulfonamides is 1. The molecule has 2 aromatic carbocycles. The first-order chi connectivity index (χ1) is 14.4. The van der Waals surface area contributed by atoms with Gasteiger partial charge in [0.1, 0.15) is 5.75 Å². The van der Waals surface area contributed by atoms with Crippen molar-refractivity contribution >= 4 is 26.7 Å². The molecule has 3 aromatic rings. The third-order valence-electron chi connectivity index (χ3n) is 5.12. The first kappa shape index (κ1) is 20.0. The van der Waals surface area contributed by atoms with Crippen molar-refractivity contribution in [2.24, 2.45) is 0 Å². The van der Waals surface area contributed by atoms with Gasteiger partial charge in [-0.15, -0.1) is 0 Å². The lowest BCUT2D eigenvalue weighted by Gasteiger charge is -2.33. The number of methoxy groups -OCH3 is 1. The van der Waals surface area contributed by atoms with E-state index in [0.29, 0.717) is 16.5 Å². The van der Waals surface area contributed by atoms with Crippen LogP contribution in [-0.4, -0.2) is 67.0 Å². The Bertz CT molecular complexity index is 1250. The van der Waals surface area contributed by atoms with E-state index in [4.69, 9.17) is 4.74 Å². The molecule has 1 N–H and O–H groups in total. The zero-order chi connectivity index (χ0) is 21.3. The van der Waals surface area contributed by atoms with Crippen LogP contribution >= 0.6 is 0 Å².